The number of quaternary nitrogens is 1. The van der Waals surface area contributed by atoms with Gasteiger partial charge in [-0.2, -0.15) is 0 Å². The second kappa shape index (κ2) is 7.60. The Morgan fingerprint density at radius 3 is 2.55 bits per heavy atom. The molecule has 0 saturated heterocycles. The van der Waals surface area contributed by atoms with E-state index in [4.69, 9.17) is 4.74 Å². The van der Waals surface area contributed by atoms with Gasteiger partial charge in [0, 0.05) is 17.6 Å². The normalized spacial score (nSPS) is 21.6. The predicted molar refractivity (Wildman–Crippen MR) is 75.4 cm³/mol. The number of nitrogens with zero attached hydrogens (tertiary/aromatic N) is 1. The molecule has 0 radical (unpaired) electrons. The van der Waals surface area contributed by atoms with Gasteiger partial charge in [-0.1, -0.05) is 30.3 Å². The summed E-state index contributed by atoms with van der Waals surface area (Å²) in [6, 6.07) is 10.5. The van der Waals surface area contributed by atoms with Gasteiger partial charge < -0.3 is 26.2 Å². The Morgan fingerprint density at radius 2 is 2.00 bits per heavy atom. The van der Waals surface area contributed by atoms with Crippen molar-refractivity contribution in [1.29, 1.82) is 0 Å². The molecule has 1 aromatic rings. The molecule has 0 aliphatic carbocycles. The van der Waals surface area contributed by atoms with Gasteiger partial charge in [0.05, 0.1) is 26.7 Å². The zero-order valence-electron chi connectivity index (χ0n) is 12.1. The first-order chi connectivity index (χ1) is 9.13. The second-order valence-electron chi connectivity index (χ2n) is 5.37. The highest BCUT2D eigenvalue weighted by atomic mass is 79.9. The minimum Gasteiger partial charge on any atom is -1.00 e. The highest BCUT2D eigenvalue weighted by Gasteiger charge is 2.28. The van der Waals surface area contributed by atoms with E-state index in [9.17, 15) is 4.79 Å². The second-order valence-corrected chi connectivity index (χ2v) is 5.37. The summed E-state index contributed by atoms with van der Waals surface area (Å²) in [6.07, 6.45) is 2.85. The summed E-state index contributed by atoms with van der Waals surface area (Å²) >= 11 is 0. The number of esters is 1. The maximum atomic E-state index is 11.7. The zero-order chi connectivity index (χ0) is 13.7. The number of carbonyl (C=O) groups is 1. The average Bonchev–Trinajstić information content (AvgIpc) is 2.40. The number of carbonyl (C=O) groups excluding carboxylic acids is 1. The SMILES string of the molecule is CCOC(=O)C1=CC[N+](C)(Cc2ccccc2)CC1.[Br-]. The van der Waals surface area contributed by atoms with Crippen LogP contribution in [0.3, 0.4) is 0 Å². The van der Waals surface area contributed by atoms with Gasteiger partial charge in [-0.3, -0.25) is 0 Å². The topological polar surface area (TPSA) is 26.3 Å². The summed E-state index contributed by atoms with van der Waals surface area (Å²) in [4.78, 5) is 11.7. The van der Waals surface area contributed by atoms with E-state index >= 15 is 0 Å². The molecule has 0 bridgehead atoms. The maximum absolute atomic E-state index is 11.7. The molecule has 0 amide bonds. The molecule has 4 heteroatoms. The molecule has 0 spiro atoms. The van der Waals surface area contributed by atoms with E-state index in [1.54, 1.807) is 0 Å². The lowest BCUT2D eigenvalue weighted by molar-refractivity contribution is -0.918. The summed E-state index contributed by atoms with van der Waals surface area (Å²) in [5, 5.41) is 0. The molecule has 1 aromatic carbocycles. The third kappa shape index (κ3) is 4.46. The standard InChI is InChI=1S/C16H22NO2.BrH/c1-3-19-16(18)15-9-11-17(2,12-10-15)13-14-7-5-4-6-8-14;/h4-9H,3,10-13H2,1-2H3;1H/q+1;/p-1. The van der Waals surface area contributed by atoms with E-state index in [0.29, 0.717) is 6.61 Å². The van der Waals surface area contributed by atoms with Crippen LogP contribution in [0.25, 0.3) is 0 Å². The number of benzene rings is 1. The largest absolute Gasteiger partial charge is 1.00 e. The van der Waals surface area contributed by atoms with Gasteiger partial charge >= 0.3 is 5.97 Å². The van der Waals surface area contributed by atoms with Crippen molar-refractivity contribution in [2.24, 2.45) is 0 Å². The van der Waals surface area contributed by atoms with E-state index in [2.05, 4.69) is 31.3 Å². The Morgan fingerprint density at radius 1 is 1.30 bits per heavy atom. The van der Waals surface area contributed by atoms with Crippen LogP contribution in [0.2, 0.25) is 0 Å². The van der Waals surface area contributed by atoms with E-state index in [1.165, 1.54) is 5.56 Å². The van der Waals surface area contributed by atoms with Gasteiger partial charge in [0.1, 0.15) is 6.54 Å². The van der Waals surface area contributed by atoms with Gasteiger partial charge in [0.15, 0.2) is 0 Å². The van der Waals surface area contributed by atoms with Gasteiger partial charge in [-0.05, 0) is 13.0 Å². The molecule has 1 aliphatic rings. The molecule has 20 heavy (non-hydrogen) atoms. The summed E-state index contributed by atoms with van der Waals surface area (Å²) in [7, 11) is 2.24. The van der Waals surface area contributed by atoms with E-state index in [-0.39, 0.29) is 23.0 Å². The Labute approximate surface area is 131 Å². The number of rotatable bonds is 4. The highest BCUT2D eigenvalue weighted by molar-refractivity contribution is 5.88. The van der Waals surface area contributed by atoms with Crippen molar-refractivity contribution in [3.8, 4) is 0 Å². The molecule has 3 nitrogen and oxygen atoms in total. The third-order valence-corrected chi connectivity index (χ3v) is 3.64. The Balaban J connectivity index is 0.00000200. The van der Waals surface area contributed by atoms with Crippen LogP contribution in [0.5, 0.6) is 0 Å². The average molecular weight is 340 g/mol. The van der Waals surface area contributed by atoms with Crippen molar-refractivity contribution in [3.05, 3.63) is 47.5 Å². The van der Waals surface area contributed by atoms with Gasteiger partial charge in [-0.25, -0.2) is 4.79 Å². The zero-order valence-corrected chi connectivity index (χ0v) is 13.7. The van der Waals surface area contributed by atoms with Crippen LogP contribution < -0.4 is 17.0 Å². The Hall–Kier alpha value is -1.13. The number of ether oxygens (including phenoxy) is 1. The van der Waals surface area contributed by atoms with E-state index in [1.807, 2.05) is 19.1 Å². The molecule has 1 aliphatic heterocycles. The van der Waals surface area contributed by atoms with Crippen molar-refractivity contribution in [2.45, 2.75) is 19.9 Å². The first kappa shape index (κ1) is 16.9. The Bertz CT molecular complexity index is 473. The van der Waals surface area contributed by atoms with E-state index in [0.717, 1.165) is 36.1 Å². The van der Waals surface area contributed by atoms with Crippen molar-refractivity contribution >= 4 is 5.97 Å². The molecule has 0 fully saturated rings. The summed E-state index contributed by atoms with van der Waals surface area (Å²) < 4.78 is 6.00. The first-order valence-corrected chi connectivity index (χ1v) is 6.86. The van der Waals surface area contributed by atoms with Crippen LogP contribution in [0.1, 0.15) is 18.9 Å². The lowest BCUT2D eigenvalue weighted by Gasteiger charge is -2.36. The summed E-state index contributed by atoms with van der Waals surface area (Å²) in [5.41, 5.74) is 2.18. The summed E-state index contributed by atoms with van der Waals surface area (Å²) in [5.74, 6) is -0.145. The monoisotopic (exact) mass is 339 g/mol. The van der Waals surface area contributed by atoms with Gasteiger partial charge in [0.2, 0.25) is 0 Å². The van der Waals surface area contributed by atoms with Crippen LogP contribution in [0.15, 0.2) is 42.0 Å². The molecule has 0 aromatic heterocycles. The molecule has 1 heterocycles. The van der Waals surface area contributed by atoms with E-state index < -0.39 is 0 Å². The number of halogens is 1. The molecule has 110 valence electrons. The fourth-order valence-electron chi connectivity index (χ4n) is 2.49. The number of hydrogen-bond acceptors (Lipinski definition) is 2. The van der Waals surface area contributed by atoms with Gasteiger partial charge in [-0.15, -0.1) is 0 Å². The lowest BCUT2D eigenvalue weighted by Crippen LogP contribution is -3.00. The predicted octanol–water partition coefficient (Wildman–Crippen LogP) is -0.470. The first-order valence-electron chi connectivity index (χ1n) is 6.86. The minimum atomic E-state index is -0.145. The van der Waals surface area contributed by atoms with Crippen LogP contribution in [-0.4, -0.2) is 37.2 Å². The third-order valence-electron chi connectivity index (χ3n) is 3.64. The molecule has 2 rings (SSSR count). The fraction of sp³-hybridized carbons (Fsp3) is 0.438. The highest BCUT2D eigenvalue weighted by Crippen LogP contribution is 2.21. The minimum absolute atomic E-state index is 0. The number of hydrogen-bond donors (Lipinski definition) is 0. The van der Waals surface area contributed by atoms with Crippen LogP contribution in [0.4, 0.5) is 0 Å². The van der Waals surface area contributed by atoms with Gasteiger partial charge in [0.25, 0.3) is 0 Å². The lowest BCUT2D eigenvalue weighted by atomic mass is 10.1. The van der Waals surface area contributed by atoms with Crippen LogP contribution in [-0.2, 0) is 16.1 Å². The molecular formula is C16H22BrNO2. The molecule has 1 unspecified atom stereocenters. The molecule has 1 atom stereocenters. The van der Waals surface area contributed by atoms with Crippen molar-refractivity contribution in [1.82, 2.24) is 0 Å². The molecular weight excluding hydrogens is 318 g/mol. The maximum Gasteiger partial charge on any atom is 0.334 e. The van der Waals surface area contributed by atoms with Crippen molar-refractivity contribution < 1.29 is 31.0 Å². The Kier molecular flexibility index (Phi) is 6.43. The van der Waals surface area contributed by atoms with Crippen LogP contribution in [0, 0.1) is 0 Å². The van der Waals surface area contributed by atoms with Crippen LogP contribution >= 0.6 is 0 Å². The smallest absolute Gasteiger partial charge is 0.334 e. The summed E-state index contributed by atoms with van der Waals surface area (Å²) in [6.45, 7) is 5.18. The quantitative estimate of drug-likeness (QED) is 0.547. The molecule has 0 saturated carbocycles. The van der Waals surface area contributed by atoms with Crippen molar-refractivity contribution in [3.63, 3.8) is 0 Å². The number of likely N-dealkylation sites (N-methyl/N-ethyl adjacent to an activating group) is 1. The molecule has 0 N–H and O–H groups in total. The fourth-order valence-corrected chi connectivity index (χ4v) is 2.49. The van der Waals surface area contributed by atoms with Crippen molar-refractivity contribution in [2.75, 3.05) is 26.7 Å².